The SMILES string of the molecule is CCOC(=O)c1sc(NC(=O)CCSc2nc3ccccc3c(=O)n2-c2ccccc2)c(C(=O)OC)c1C. The minimum Gasteiger partial charge on any atom is -0.465 e. The number of thiophene rings is 1. The summed E-state index contributed by atoms with van der Waals surface area (Å²) >= 11 is 2.24. The number of carbonyl (C=O) groups excluding carboxylic acids is 3. The normalized spacial score (nSPS) is 10.8. The number of esters is 2. The first kappa shape index (κ1) is 27.1. The van der Waals surface area contributed by atoms with Crippen LogP contribution in [-0.2, 0) is 14.3 Å². The van der Waals surface area contributed by atoms with Crippen LogP contribution >= 0.6 is 23.1 Å². The van der Waals surface area contributed by atoms with Crippen molar-refractivity contribution >= 4 is 56.8 Å². The standard InChI is InChI=1S/C27H25N3O6S2/c1-4-36-26(34)22-16(2)21(25(33)35-3)23(38-22)29-20(31)14-15-37-27-28-19-13-9-8-12-18(19)24(32)30(27)17-10-6-5-7-11-17/h5-13H,4,14-15H2,1-3H3,(H,29,31). The summed E-state index contributed by atoms with van der Waals surface area (Å²) in [4.78, 5) is 55.7. The number of anilines is 1. The number of para-hydroxylation sites is 2. The van der Waals surface area contributed by atoms with Gasteiger partial charge in [0, 0.05) is 12.2 Å². The first-order valence-electron chi connectivity index (χ1n) is 11.7. The van der Waals surface area contributed by atoms with Crippen LogP contribution in [0.5, 0.6) is 0 Å². The third-order valence-electron chi connectivity index (χ3n) is 5.57. The van der Waals surface area contributed by atoms with Crippen LogP contribution in [0.3, 0.4) is 0 Å². The first-order valence-corrected chi connectivity index (χ1v) is 13.5. The van der Waals surface area contributed by atoms with Gasteiger partial charge in [0.15, 0.2) is 5.16 Å². The fraction of sp³-hybridized carbons (Fsp3) is 0.222. The van der Waals surface area contributed by atoms with Crippen LogP contribution in [0, 0.1) is 6.92 Å². The zero-order valence-electron chi connectivity index (χ0n) is 21.0. The van der Waals surface area contributed by atoms with E-state index >= 15 is 0 Å². The molecule has 1 amide bonds. The lowest BCUT2D eigenvalue weighted by atomic mass is 10.1. The lowest BCUT2D eigenvalue weighted by molar-refractivity contribution is -0.115. The molecule has 11 heteroatoms. The number of amides is 1. The van der Waals surface area contributed by atoms with E-state index in [1.54, 1.807) is 32.0 Å². The Labute approximate surface area is 226 Å². The molecule has 38 heavy (non-hydrogen) atoms. The smallest absolute Gasteiger partial charge is 0.348 e. The molecule has 9 nitrogen and oxygen atoms in total. The number of aromatic nitrogens is 2. The van der Waals surface area contributed by atoms with Crippen LogP contribution in [0.15, 0.2) is 64.5 Å². The second-order valence-corrected chi connectivity index (χ2v) is 10.1. The molecule has 2 aromatic carbocycles. The van der Waals surface area contributed by atoms with Crippen LogP contribution in [0.4, 0.5) is 5.00 Å². The summed E-state index contributed by atoms with van der Waals surface area (Å²) in [5.41, 5.74) is 1.55. The number of rotatable bonds is 9. The number of nitrogens with one attached hydrogen (secondary N) is 1. The number of hydrogen-bond acceptors (Lipinski definition) is 9. The van der Waals surface area contributed by atoms with Crippen molar-refractivity contribution in [2.24, 2.45) is 0 Å². The summed E-state index contributed by atoms with van der Waals surface area (Å²) in [6.07, 6.45) is 0.0639. The third kappa shape index (κ3) is 5.63. The Morgan fingerprint density at radius 1 is 1.05 bits per heavy atom. The highest BCUT2D eigenvalue weighted by Gasteiger charge is 2.27. The Bertz CT molecular complexity index is 1560. The number of ether oxygens (including phenoxy) is 2. The van der Waals surface area contributed by atoms with Crippen molar-refractivity contribution in [3.63, 3.8) is 0 Å². The fourth-order valence-electron chi connectivity index (χ4n) is 3.78. The average Bonchev–Trinajstić information content (AvgIpc) is 3.24. The highest BCUT2D eigenvalue weighted by Crippen LogP contribution is 2.34. The van der Waals surface area contributed by atoms with Crippen molar-refractivity contribution in [2.45, 2.75) is 25.4 Å². The molecule has 0 unspecified atom stereocenters. The van der Waals surface area contributed by atoms with Crippen LogP contribution < -0.4 is 10.9 Å². The number of methoxy groups -OCH3 is 1. The van der Waals surface area contributed by atoms with Gasteiger partial charge in [-0.05, 0) is 43.7 Å². The van der Waals surface area contributed by atoms with Crippen molar-refractivity contribution in [2.75, 3.05) is 24.8 Å². The third-order valence-corrected chi connectivity index (χ3v) is 7.70. The number of fused-ring (bicyclic) bond motifs is 1. The molecule has 2 aromatic heterocycles. The van der Waals surface area contributed by atoms with Crippen LogP contribution in [0.1, 0.15) is 38.9 Å². The van der Waals surface area contributed by atoms with Crippen molar-refractivity contribution < 1.29 is 23.9 Å². The molecule has 0 aliphatic heterocycles. The highest BCUT2D eigenvalue weighted by atomic mass is 32.2. The van der Waals surface area contributed by atoms with Gasteiger partial charge in [-0.1, -0.05) is 42.1 Å². The van der Waals surface area contributed by atoms with Crippen LogP contribution in [-0.4, -0.2) is 46.9 Å². The molecule has 0 bridgehead atoms. The van der Waals surface area contributed by atoms with Gasteiger partial charge in [0.25, 0.3) is 5.56 Å². The Morgan fingerprint density at radius 2 is 1.76 bits per heavy atom. The van der Waals surface area contributed by atoms with E-state index < -0.39 is 11.9 Å². The van der Waals surface area contributed by atoms with Crippen LogP contribution in [0.2, 0.25) is 0 Å². The van der Waals surface area contributed by atoms with Crippen molar-refractivity contribution in [1.29, 1.82) is 0 Å². The van der Waals surface area contributed by atoms with Gasteiger partial charge in [-0.15, -0.1) is 11.3 Å². The summed E-state index contributed by atoms with van der Waals surface area (Å²) in [5, 5.41) is 3.90. The molecule has 0 radical (unpaired) electrons. The minimum absolute atomic E-state index is 0.0639. The summed E-state index contributed by atoms with van der Waals surface area (Å²) in [6.45, 7) is 3.47. The average molecular weight is 552 g/mol. The number of benzene rings is 2. The fourth-order valence-corrected chi connectivity index (χ4v) is 5.83. The number of hydrogen-bond donors (Lipinski definition) is 1. The summed E-state index contributed by atoms with van der Waals surface area (Å²) in [5.74, 6) is -1.29. The number of nitrogens with zero attached hydrogens (tertiary/aromatic N) is 2. The Hall–Kier alpha value is -3.96. The molecule has 2 heterocycles. The van der Waals surface area contributed by atoms with Crippen molar-refractivity contribution in [3.05, 3.63) is 81.0 Å². The maximum Gasteiger partial charge on any atom is 0.348 e. The second-order valence-electron chi connectivity index (χ2n) is 8.01. The Balaban J connectivity index is 1.55. The molecule has 0 aliphatic rings. The number of carbonyl (C=O) groups is 3. The van der Waals surface area contributed by atoms with Gasteiger partial charge in [0.2, 0.25) is 5.91 Å². The molecule has 0 atom stereocenters. The predicted molar refractivity (Wildman–Crippen MR) is 148 cm³/mol. The van der Waals surface area contributed by atoms with E-state index in [-0.39, 0.29) is 39.9 Å². The van der Waals surface area contributed by atoms with E-state index in [4.69, 9.17) is 9.47 Å². The summed E-state index contributed by atoms with van der Waals surface area (Å²) in [6, 6.07) is 16.3. The molecule has 1 N–H and O–H groups in total. The van der Waals surface area contributed by atoms with E-state index in [0.717, 1.165) is 11.3 Å². The van der Waals surface area contributed by atoms with Gasteiger partial charge in [0.05, 0.1) is 35.9 Å². The zero-order chi connectivity index (χ0) is 27.2. The van der Waals surface area contributed by atoms with Crippen molar-refractivity contribution in [3.8, 4) is 5.69 Å². The maximum atomic E-state index is 13.3. The lowest BCUT2D eigenvalue weighted by Gasteiger charge is -2.13. The van der Waals surface area contributed by atoms with E-state index in [0.29, 0.717) is 33.1 Å². The van der Waals surface area contributed by atoms with Gasteiger partial charge in [0.1, 0.15) is 9.88 Å². The summed E-state index contributed by atoms with van der Waals surface area (Å²) < 4.78 is 11.5. The van der Waals surface area contributed by atoms with Gasteiger partial charge in [-0.2, -0.15) is 0 Å². The maximum absolute atomic E-state index is 13.3. The molecule has 4 aromatic rings. The van der Waals surface area contributed by atoms with E-state index in [9.17, 15) is 19.2 Å². The molecule has 0 saturated carbocycles. The van der Waals surface area contributed by atoms with E-state index in [1.165, 1.54) is 23.4 Å². The molecule has 4 rings (SSSR count). The van der Waals surface area contributed by atoms with Gasteiger partial charge in [-0.3, -0.25) is 14.2 Å². The lowest BCUT2D eigenvalue weighted by Crippen LogP contribution is -2.22. The quantitative estimate of drug-likeness (QED) is 0.178. The Morgan fingerprint density at radius 3 is 2.47 bits per heavy atom. The largest absolute Gasteiger partial charge is 0.465 e. The highest BCUT2D eigenvalue weighted by molar-refractivity contribution is 7.99. The molecule has 0 fully saturated rings. The van der Waals surface area contributed by atoms with Gasteiger partial charge >= 0.3 is 11.9 Å². The minimum atomic E-state index is -0.661. The molecule has 196 valence electrons. The van der Waals surface area contributed by atoms with Crippen molar-refractivity contribution in [1.82, 2.24) is 9.55 Å². The topological polar surface area (TPSA) is 117 Å². The molecular weight excluding hydrogens is 526 g/mol. The molecular formula is C27H25N3O6S2. The predicted octanol–water partition coefficient (Wildman–Crippen LogP) is 4.84. The second kappa shape index (κ2) is 12.1. The summed E-state index contributed by atoms with van der Waals surface area (Å²) in [7, 11) is 1.23. The van der Waals surface area contributed by atoms with E-state index in [1.807, 2.05) is 36.4 Å². The number of thioether (sulfide) groups is 1. The zero-order valence-corrected chi connectivity index (χ0v) is 22.6. The molecule has 0 aliphatic carbocycles. The van der Waals surface area contributed by atoms with Gasteiger partial charge < -0.3 is 14.8 Å². The molecule has 0 saturated heterocycles. The molecule has 0 spiro atoms. The first-order chi connectivity index (χ1) is 18.3. The monoisotopic (exact) mass is 551 g/mol. The van der Waals surface area contributed by atoms with E-state index in [2.05, 4.69) is 10.3 Å². The van der Waals surface area contributed by atoms with Gasteiger partial charge in [-0.25, -0.2) is 14.6 Å². The van der Waals surface area contributed by atoms with Crippen LogP contribution in [0.25, 0.3) is 16.6 Å². The Kier molecular flexibility index (Phi) is 8.59.